The topological polar surface area (TPSA) is 63.6 Å². The van der Waals surface area contributed by atoms with Gasteiger partial charge in [-0.05, 0) is 0 Å². The number of halogens is 3. The molecule has 0 spiro atoms. The van der Waals surface area contributed by atoms with Gasteiger partial charge in [-0.15, -0.1) is 0 Å². The molecule has 0 aromatic carbocycles. The molecule has 2 saturated carbocycles. The second kappa shape index (κ2) is 4.59. The third kappa shape index (κ3) is 2.13. The molecule has 118 valence electrons. The van der Waals surface area contributed by atoms with Gasteiger partial charge < -0.3 is 0 Å². The van der Waals surface area contributed by atoms with E-state index in [0.29, 0.717) is 0 Å². The van der Waals surface area contributed by atoms with Gasteiger partial charge >= 0.3 is 122 Å². The fraction of sp³-hybridized carbons (Fsp3) is 1.00. The van der Waals surface area contributed by atoms with Gasteiger partial charge in [0.25, 0.3) is 0 Å². The first-order chi connectivity index (χ1) is 8.84. The fourth-order valence-corrected chi connectivity index (χ4v) is 7.61. The molecule has 2 rings (SSSR count). The van der Waals surface area contributed by atoms with Gasteiger partial charge in [0, 0.05) is 0 Å². The first-order valence-electron chi connectivity index (χ1n) is 6.19. The van der Waals surface area contributed by atoms with Crippen LogP contribution in [0.4, 0.5) is 13.2 Å². The van der Waals surface area contributed by atoms with E-state index in [0.717, 1.165) is 12.8 Å². The van der Waals surface area contributed by atoms with Crippen LogP contribution in [0.3, 0.4) is 0 Å². The number of rotatable bonds is 3. The van der Waals surface area contributed by atoms with E-state index in [1.165, 1.54) is 0 Å². The average Bonchev–Trinajstić information content (AvgIpc) is 2.58. The van der Waals surface area contributed by atoms with Crippen molar-refractivity contribution in [3.05, 3.63) is 0 Å². The van der Waals surface area contributed by atoms with Crippen molar-refractivity contribution in [1.82, 2.24) is 0 Å². The molecule has 4 nitrogen and oxygen atoms in total. The predicted octanol–water partition coefficient (Wildman–Crippen LogP) is 2.08. The number of hydrogen-bond acceptors (Lipinski definition) is 4. The molecule has 20 heavy (non-hydrogen) atoms. The third-order valence-electron chi connectivity index (χ3n) is 5.26. The second-order valence-electron chi connectivity index (χ2n) is 6.26. The summed E-state index contributed by atoms with van der Waals surface area (Å²) < 4.78 is 62.9. The minimum absolute atomic E-state index is 0.00839. The van der Waals surface area contributed by atoms with Gasteiger partial charge in [-0.1, -0.05) is 0 Å². The Balaban J connectivity index is 2.14. The van der Waals surface area contributed by atoms with Gasteiger partial charge in [0.1, 0.15) is 0 Å². The molecule has 9 heteroatoms. The number of aliphatic hydroxyl groups is 1. The summed E-state index contributed by atoms with van der Waals surface area (Å²) in [5, 5.41) is 10.3. The van der Waals surface area contributed by atoms with Crippen LogP contribution < -0.4 is 0 Å². The Morgan fingerprint density at radius 2 is 1.85 bits per heavy atom. The van der Waals surface area contributed by atoms with Crippen LogP contribution in [0.1, 0.15) is 33.6 Å². The van der Waals surface area contributed by atoms with Gasteiger partial charge in [-0.25, -0.2) is 0 Å². The predicted molar refractivity (Wildman–Crippen MR) is 66.2 cm³/mol. The normalized spacial score (nSPS) is 40.2. The van der Waals surface area contributed by atoms with Crippen molar-refractivity contribution >= 4 is 25.4 Å². The van der Waals surface area contributed by atoms with E-state index in [1.54, 1.807) is 0 Å². The number of hydrogen-bond donors (Lipinski definition) is 1. The van der Waals surface area contributed by atoms with Crippen molar-refractivity contribution in [1.29, 1.82) is 0 Å². The summed E-state index contributed by atoms with van der Waals surface area (Å²) in [6.45, 7) is 5.86. The van der Waals surface area contributed by atoms with E-state index in [4.69, 9.17) is 0 Å². The molecule has 0 heterocycles. The zero-order valence-corrected chi connectivity index (χ0v) is 13.8. The molecule has 2 fully saturated rings. The number of aliphatic hydroxyl groups excluding tert-OH is 1. The quantitative estimate of drug-likeness (QED) is 0.601. The van der Waals surface area contributed by atoms with Crippen LogP contribution in [0, 0.1) is 16.7 Å². The standard InChI is InChI=1S/C11H17F3O4SSe/c1-9(2)6-4-5-10(9,3)8(15)7(6)20-18-19(16,17)11(12,13)14/h6-8,15H,4-5H2,1-3H3/t6-,7+,8+,10+/m1/s1. The molecule has 2 bridgehead atoms. The SMILES string of the molecule is CC1(C)[C@@H]2CC[C@@]1(C)[C@@H](O)[C@H]2[Se]OS(=O)(=O)C(F)(F)F. The summed E-state index contributed by atoms with van der Waals surface area (Å²) >= 11 is -1.26. The summed E-state index contributed by atoms with van der Waals surface area (Å²) in [6, 6.07) is 0. The molecule has 0 unspecified atom stereocenters. The van der Waals surface area contributed by atoms with Crippen LogP contribution in [-0.2, 0) is 13.4 Å². The van der Waals surface area contributed by atoms with E-state index >= 15 is 0 Å². The van der Waals surface area contributed by atoms with E-state index < -0.39 is 47.2 Å². The molecule has 0 amide bonds. The zero-order chi connectivity index (χ0) is 15.6. The van der Waals surface area contributed by atoms with Crippen molar-refractivity contribution in [2.24, 2.45) is 16.7 Å². The van der Waals surface area contributed by atoms with Crippen LogP contribution in [0.15, 0.2) is 0 Å². The molecule has 0 aliphatic heterocycles. The Hall–Kier alpha value is 0.179. The Morgan fingerprint density at radius 3 is 2.25 bits per heavy atom. The van der Waals surface area contributed by atoms with Gasteiger partial charge in [-0.2, -0.15) is 0 Å². The third-order valence-corrected chi connectivity index (χ3v) is 9.40. The van der Waals surface area contributed by atoms with Crippen LogP contribution in [-0.4, -0.2) is 40.4 Å². The second-order valence-corrected chi connectivity index (χ2v) is 10.2. The summed E-state index contributed by atoms with van der Waals surface area (Å²) in [4.78, 5) is -0.520. The maximum atomic E-state index is 12.3. The summed E-state index contributed by atoms with van der Waals surface area (Å²) in [6.07, 6.45) is 0.756. The van der Waals surface area contributed by atoms with Crippen molar-refractivity contribution in [2.45, 2.75) is 50.0 Å². The molecular formula is C11H17F3O4SSe. The Labute approximate surface area is 122 Å². The molecule has 4 atom stereocenters. The molecule has 0 radical (unpaired) electrons. The van der Waals surface area contributed by atoms with Gasteiger partial charge in [0.2, 0.25) is 0 Å². The Morgan fingerprint density at radius 1 is 1.30 bits per heavy atom. The van der Waals surface area contributed by atoms with Crippen molar-refractivity contribution in [3.8, 4) is 0 Å². The molecule has 2 aliphatic rings. The van der Waals surface area contributed by atoms with E-state index in [1.807, 2.05) is 20.8 Å². The zero-order valence-electron chi connectivity index (χ0n) is 11.3. The molecule has 0 aromatic heterocycles. The molecule has 0 aromatic rings. The molecule has 0 saturated heterocycles. The molecule has 1 N–H and O–H groups in total. The first-order valence-corrected chi connectivity index (χ1v) is 9.28. The minimum atomic E-state index is -5.57. The van der Waals surface area contributed by atoms with Crippen LogP contribution >= 0.6 is 0 Å². The number of fused-ring (bicyclic) bond motifs is 2. The van der Waals surface area contributed by atoms with Crippen molar-refractivity contribution in [3.63, 3.8) is 0 Å². The van der Waals surface area contributed by atoms with E-state index in [2.05, 4.69) is 3.27 Å². The van der Waals surface area contributed by atoms with Crippen LogP contribution in [0.2, 0.25) is 4.82 Å². The van der Waals surface area contributed by atoms with E-state index in [-0.39, 0.29) is 11.3 Å². The maximum absolute atomic E-state index is 12.3. The van der Waals surface area contributed by atoms with Crippen LogP contribution in [0.5, 0.6) is 0 Å². The Bertz CT molecular complexity index is 504. The van der Waals surface area contributed by atoms with Crippen molar-refractivity contribution < 1.29 is 30.0 Å². The summed E-state index contributed by atoms with van der Waals surface area (Å²) in [7, 11) is -5.57. The Kier molecular flexibility index (Phi) is 3.79. The van der Waals surface area contributed by atoms with E-state index in [9.17, 15) is 26.7 Å². The van der Waals surface area contributed by atoms with Gasteiger partial charge in [0.15, 0.2) is 0 Å². The van der Waals surface area contributed by atoms with Gasteiger partial charge in [0.05, 0.1) is 0 Å². The molecular weight excluding hydrogens is 364 g/mol. The molecule has 2 aliphatic carbocycles. The average molecular weight is 381 g/mol. The van der Waals surface area contributed by atoms with Crippen molar-refractivity contribution in [2.75, 3.05) is 0 Å². The summed E-state index contributed by atoms with van der Waals surface area (Å²) in [5.41, 5.74) is -6.03. The number of alkyl halides is 3. The van der Waals surface area contributed by atoms with Crippen LogP contribution in [0.25, 0.3) is 0 Å². The summed E-state index contributed by atoms with van der Waals surface area (Å²) in [5.74, 6) is -0.00839. The first kappa shape index (κ1) is 16.5. The monoisotopic (exact) mass is 382 g/mol. The fourth-order valence-electron chi connectivity index (χ4n) is 3.50. The van der Waals surface area contributed by atoms with Gasteiger partial charge in [-0.3, -0.25) is 0 Å².